The third-order valence-corrected chi connectivity index (χ3v) is 5.27. The average molecular weight is 459 g/mol. The van der Waals surface area contributed by atoms with E-state index in [4.69, 9.17) is 0 Å². The predicted molar refractivity (Wildman–Crippen MR) is 106 cm³/mol. The summed E-state index contributed by atoms with van der Waals surface area (Å²) in [6.45, 7) is -0.541. The van der Waals surface area contributed by atoms with E-state index in [0.29, 0.717) is 27.6 Å². The zero-order valence-electron chi connectivity index (χ0n) is 15.9. The lowest BCUT2D eigenvalue weighted by molar-refractivity contribution is -0.344. The van der Waals surface area contributed by atoms with Gasteiger partial charge in [-0.25, -0.2) is 9.67 Å². The van der Waals surface area contributed by atoms with Crippen LogP contribution in [0.5, 0.6) is 0 Å². The molecule has 4 heterocycles. The van der Waals surface area contributed by atoms with Gasteiger partial charge in [-0.3, -0.25) is 14.5 Å². The number of aryl methyl sites for hydroxylation is 1. The monoisotopic (exact) mass is 459 g/mol. The Morgan fingerprint density at radius 2 is 2.16 bits per heavy atom. The molecule has 0 atom stereocenters. The summed E-state index contributed by atoms with van der Waals surface area (Å²) in [5, 5.41) is 13.1. The lowest BCUT2D eigenvalue weighted by Crippen LogP contribution is -2.18. The zero-order chi connectivity index (χ0) is 22.0. The maximum atomic E-state index is 12.7. The number of anilines is 1. The lowest BCUT2D eigenvalue weighted by atomic mass is 10.2. The Kier molecular flexibility index (Phi) is 5.76. The van der Waals surface area contributed by atoms with Crippen LogP contribution >= 0.6 is 19.2 Å². The second-order valence-electron chi connectivity index (χ2n) is 6.25. The second kappa shape index (κ2) is 8.49. The Bertz CT molecular complexity index is 1260. The number of hydrogen-bond donors (Lipinski definition) is 1. The number of carbonyl (C=O) groups is 1. The molecule has 0 aliphatic rings. The smallest absolute Gasteiger partial charge is 0.275 e. The average Bonchev–Trinajstić information content (AvgIpc) is 3.46. The Hall–Kier alpha value is -3.22. The van der Waals surface area contributed by atoms with Crippen molar-refractivity contribution in [2.75, 3.05) is 5.32 Å². The molecular formula is C17H14N7O5PS-2. The van der Waals surface area contributed by atoms with Gasteiger partial charge in [0.2, 0.25) is 0 Å². The summed E-state index contributed by atoms with van der Waals surface area (Å²) in [6.07, 6.45) is 6.19. The molecule has 160 valence electrons. The molecule has 0 unspecified atom stereocenters. The van der Waals surface area contributed by atoms with Crippen LogP contribution in [-0.2, 0) is 22.9 Å². The minimum absolute atomic E-state index is 0.184. The highest BCUT2D eigenvalue weighted by atomic mass is 32.1. The zero-order valence-corrected chi connectivity index (χ0v) is 17.6. The molecule has 0 radical (unpaired) electrons. The number of rotatable bonds is 7. The molecule has 4 aromatic rings. The first-order chi connectivity index (χ1) is 14.8. The molecule has 4 aromatic heterocycles. The number of amides is 1. The van der Waals surface area contributed by atoms with Gasteiger partial charge in [-0.05, 0) is 12.1 Å². The molecule has 0 aromatic carbocycles. The Labute approximate surface area is 179 Å². The van der Waals surface area contributed by atoms with E-state index in [1.165, 1.54) is 23.7 Å². The molecule has 1 amide bonds. The van der Waals surface area contributed by atoms with Crippen LogP contribution in [0.3, 0.4) is 0 Å². The molecule has 4 rings (SSSR count). The predicted octanol–water partition coefficient (Wildman–Crippen LogP) is 0.857. The number of thiazole rings is 1. The highest BCUT2D eigenvalue weighted by molar-refractivity contribution is 7.43. The van der Waals surface area contributed by atoms with Gasteiger partial charge in [0.25, 0.3) is 5.91 Å². The van der Waals surface area contributed by atoms with Crippen molar-refractivity contribution in [1.29, 1.82) is 0 Å². The quantitative estimate of drug-likeness (QED) is 0.395. The maximum absolute atomic E-state index is 12.7. The number of pyridine rings is 1. The number of phosphoric ester groups is 1. The summed E-state index contributed by atoms with van der Waals surface area (Å²) < 4.78 is 17.5. The summed E-state index contributed by atoms with van der Waals surface area (Å²) >= 11 is 1.21. The van der Waals surface area contributed by atoms with Crippen molar-refractivity contribution in [3.05, 3.63) is 54.1 Å². The molecule has 12 nitrogen and oxygen atoms in total. The molecule has 0 saturated heterocycles. The SMILES string of the molecule is Cn1cc(NC(=O)c2csc(-c3cnn(COP(=O)([O-])[O-])c3)n2)c(-c2ccccn2)n1. The van der Waals surface area contributed by atoms with E-state index in [-0.39, 0.29) is 5.69 Å². The molecule has 1 N–H and O–H groups in total. The standard InChI is InChI=1S/C17H16N7O5PS/c1-23-8-13(15(22-23)12-4-2-3-5-18-12)20-16(25)14-9-31-17(21-14)11-6-19-24(7-11)10-29-30(26,27)28/h2-9H,10H2,1H3,(H,20,25)(H2,26,27,28)/p-2. The van der Waals surface area contributed by atoms with Crippen LogP contribution in [-0.4, -0.2) is 35.4 Å². The molecule has 0 fully saturated rings. The molecule has 31 heavy (non-hydrogen) atoms. The first-order valence-electron chi connectivity index (χ1n) is 8.70. The van der Waals surface area contributed by atoms with Crippen LogP contribution in [0.4, 0.5) is 5.69 Å². The summed E-state index contributed by atoms with van der Waals surface area (Å²) in [5.41, 5.74) is 2.36. The molecule has 0 spiro atoms. The molecule has 0 aliphatic carbocycles. The van der Waals surface area contributed by atoms with E-state index in [9.17, 15) is 19.1 Å². The largest absolute Gasteiger partial charge is 0.790 e. The van der Waals surface area contributed by atoms with Crippen molar-refractivity contribution >= 4 is 30.8 Å². The van der Waals surface area contributed by atoms with Crippen LogP contribution in [0.1, 0.15) is 10.5 Å². The van der Waals surface area contributed by atoms with Gasteiger partial charge in [0.15, 0.2) is 0 Å². The van der Waals surface area contributed by atoms with Crippen molar-refractivity contribution in [3.8, 4) is 22.0 Å². The minimum Gasteiger partial charge on any atom is -0.790 e. The summed E-state index contributed by atoms with van der Waals surface area (Å²) in [4.78, 5) is 42.4. The molecule has 0 aliphatic heterocycles. The molecule has 0 bridgehead atoms. The first-order valence-corrected chi connectivity index (χ1v) is 11.0. The Balaban J connectivity index is 1.49. The number of nitrogens with zero attached hydrogens (tertiary/aromatic N) is 6. The van der Waals surface area contributed by atoms with Gasteiger partial charge in [0, 0.05) is 36.6 Å². The van der Waals surface area contributed by atoms with E-state index in [0.717, 1.165) is 4.68 Å². The van der Waals surface area contributed by atoms with Crippen LogP contribution in [0, 0.1) is 0 Å². The number of aromatic nitrogens is 6. The van der Waals surface area contributed by atoms with Crippen LogP contribution in [0.25, 0.3) is 22.0 Å². The van der Waals surface area contributed by atoms with Crippen LogP contribution in [0.15, 0.2) is 48.4 Å². The number of hydrogen-bond acceptors (Lipinski definition) is 10. The fourth-order valence-electron chi connectivity index (χ4n) is 2.64. The highest BCUT2D eigenvalue weighted by Gasteiger charge is 2.18. The second-order valence-corrected chi connectivity index (χ2v) is 8.26. The first kappa shape index (κ1) is 21.0. The van der Waals surface area contributed by atoms with Gasteiger partial charge < -0.3 is 24.2 Å². The fourth-order valence-corrected chi connectivity index (χ4v) is 3.68. The van der Waals surface area contributed by atoms with Crippen molar-refractivity contribution < 1.29 is 23.7 Å². The van der Waals surface area contributed by atoms with Crippen molar-refractivity contribution in [2.45, 2.75) is 6.73 Å². The normalized spacial score (nSPS) is 11.6. The number of phosphoric acid groups is 1. The minimum atomic E-state index is -5.10. The Morgan fingerprint density at radius 3 is 2.90 bits per heavy atom. The van der Waals surface area contributed by atoms with Gasteiger partial charge in [-0.1, -0.05) is 6.07 Å². The topological polar surface area (TPSA) is 163 Å². The molecule has 14 heteroatoms. The maximum Gasteiger partial charge on any atom is 0.275 e. The van der Waals surface area contributed by atoms with E-state index in [1.54, 1.807) is 41.6 Å². The van der Waals surface area contributed by atoms with Crippen molar-refractivity contribution in [1.82, 2.24) is 29.5 Å². The van der Waals surface area contributed by atoms with Crippen LogP contribution in [0.2, 0.25) is 0 Å². The lowest BCUT2D eigenvalue weighted by Gasteiger charge is -2.28. The van der Waals surface area contributed by atoms with E-state index in [1.807, 2.05) is 6.07 Å². The van der Waals surface area contributed by atoms with Gasteiger partial charge in [0.1, 0.15) is 23.1 Å². The number of carbonyl (C=O) groups excluding carboxylic acids is 1. The van der Waals surface area contributed by atoms with E-state index < -0.39 is 20.5 Å². The van der Waals surface area contributed by atoms with Crippen molar-refractivity contribution in [3.63, 3.8) is 0 Å². The van der Waals surface area contributed by atoms with Gasteiger partial charge >= 0.3 is 0 Å². The summed E-state index contributed by atoms with van der Waals surface area (Å²) in [6, 6.07) is 5.40. The van der Waals surface area contributed by atoms with Gasteiger partial charge in [-0.2, -0.15) is 10.2 Å². The fraction of sp³-hybridized carbons (Fsp3) is 0.118. The van der Waals surface area contributed by atoms with Gasteiger partial charge in [-0.15, -0.1) is 11.3 Å². The Morgan fingerprint density at radius 1 is 1.32 bits per heavy atom. The summed E-state index contributed by atoms with van der Waals surface area (Å²) in [5.74, 6) is -0.429. The van der Waals surface area contributed by atoms with Crippen LogP contribution < -0.4 is 15.1 Å². The van der Waals surface area contributed by atoms with E-state index >= 15 is 0 Å². The van der Waals surface area contributed by atoms with E-state index in [2.05, 4.69) is 30.0 Å². The summed E-state index contributed by atoms with van der Waals surface area (Å²) in [7, 11) is -3.36. The number of nitrogens with one attached hydrogen (secondary N) is 1. The molecule has 0 saturated carbocycles. The van der Waals surface area contributed by atoms with Gasteiger partial charge in [0.05, 0.1) is 25.4 Å². The van der Waals surface area contributed by atoms with Crippen molar-refractivity contribution in [2.24, 2.45) is 7.05 Å². The molecular weight excluding hydrogens is 445 g/mol. The highest BCUT2D eigenvalue weighted by Crippen LogP contribution is 2.28. The third kappa shape index (κ3) is 5.10. The third-order valence-electron chi connectivity index (χ3n) is 3.95.